The number of hydrogen-bond donors (Lipinski definition) is 0. The second kappa shape index (κ2) is 9.20. The summed E-state index contributed by atoms with van der Waals surface area (Å²) in [5.41, 5.74) is 4.28. The van der Waals surface area contributed by atoms with Crippen LogP contribution in [0.1, 0.15) is 30.5 Å². The molecule has 168 valence electrons. The van der Waals surface area contributed by atoms with E-state index in [4.69, 9.17) is 4.37 Å². The Bertz CT molecular complexity index is 1100. The highest BCUT2D eigenvalue weighted by molar-refractivity contribution is 7.13. The molecule has 5 nitrogen and oxygen atoms in total. The van der Waals surface area contributed by atoms with Crippen molar-refractivity contribution >= 4 is 33.3 Å². The average Bonchev–Trinajstić information content (AvgIpc) is 3.42. The number of rotatable bonds is 6. The Balaban J connectivity index is 1.15. The molecular formula is C26H32N4OS. The highest BCUT2D eigenvalue weighted by Gasteiger charge is 2.27. The summed E-state index contributed by atoms with van der Waals surface area (Å²) >= 11 is 1.60. The van der Waals surface area contributed by atoms with Crippen LogP contribution < -0.4 is 4.90 Å². The van der Waals surface area contributed by atoms with Crippen molar-refractivity contribution in [1.29, 1.82) is 0 Å². The Morgan fingerprint density at radius 3 is 2.66 bits per heavy atom. The predicted octanol–water partition coefficient (Wildman–Crippen LogP) is 4.00. The highest BCUT2D eigenvalue weighted by atomic mass is 32.1. The van der Waals surface area contributed by atoms with Gasteiger partial charge in [0.2, 0.25) is 5.91 Å². The van der Waals surface area contributed by atoms with Gasteiger partial charge in [-0.05, 0) is 66.5 Å². The molecule has 2 aliphatic rings. The fourth-order valence-corrected chi connectivity index (χ4v) is 6.13. The second-order valence-electron chi connectivity index (χ2n) is 9.05. The number of carbonyl (C=O) groups excluding carboxylic acids is 1. The molecule has 0 saturated carbocycles. The van der Waals surface area contributed by atoms with Crippen LogP contribution in [0.3, 0.4) is 0 Å². The quantitative estimate of drug-likeness (QED) is 0.572. The summed E-state index contributed by atoms with van der Waals surface area (Å²) in [6, 6.07) is 15.9. The molecule has 0 bridgehead atoms. The summed E-state index contributed by atoms with van der Waals surface area (Å²) in [6.45, 7) is 9.91. The zero-order valence-corrected chi connectivity index (χ0v) is 19.9. The summed E-state index contributed by atoms with van der Waals surface area (Å²) in [5, 5.41) is 1.29. The number of benzene rings is 2. The molecule has 1 atom stereocenters. The van der Waals surface area contributed by atoms with Gasteiger partial charge in [0.05, 0.1) is 4.70 Å². The molecule has 1 unspecified atom stereocenters. The molecule has 2 heterocycles. The maximum Gasteiger partial charge on any atom is 0.219 e. The normalized spacial score (nSPS) is 18.8. The number of anilines is 1. The van der Waals surface area contributed by atoms with E-state index in [-0.39, 0.29) is 5.91 Å². The van der Waals surface area contributed by atoms with Gasteiger partial charge in [-0.3, -0.25) is 9.69 Å². The van der Waals surface area contributed by atoms with Crippen molar-refractivity contribution in [2.24, 2.45) is 0 Å². The van der Waals surface area contributed by atoms with Crippen molar-refractivity contribution in [2.75, 3.05) is 44.2 Å². The minimum absolute atomic E-state index is 0.190. The van der Waals surface area contributed by atoms with Crippen LogP contribution in [0.5, 0.6) is 0 Å². The third kappa shape index (κ3) is 4.26. The number of amides is 1. The van der Waals surface area contributed by atoms with Gasteiger partial charge in [0.1, 0.15) is 5.82 Å². The first-order chi connectivity index (χ1) is 15.6. The molecule has 1 aliphatic heterocycles. The Morgan fingerprint density at radius 2 is 1.88 bits per heavy atom. The smallest absolute Gasteiger partial charge is 0.219 e. The molecule has 1 fully saturated rings. The van der Waals surface area contributed by atoms with Crippen LogP contribution in [0.25, 0.3) is 10.1 Å². The van der Waals surface area contributed by atoms with Crippen molar-refractivity contribution in [2.45, 2.75) is 39.2 Å². The fraction of sp³-hybridized carbons (Fsp3) is 0.462. The number of nitrogens with zero attached hydrogens (tertiary/aromatic N) is 4. The fourth-order valence-electron chi connectivity index (χ4n) is 5.33. The Kier molecular flexibility index (Phi) is 6.15. The highest BCUT2D eigenvalue weighted by Crippen LogP contribution is 2.30. The number of piperazine rings is 1. The van der Waals surface area contributed by atoms with Crippen LogP contribution in [0, 0.1) is 0 Å². The van der Waals surface area contributed by atoms with E-state index in [2.05, 4.69) is 59.2 Å². The summed E-state index contributed by atoms with van der Waals surface area (Å²) in [6.07, 6.45) is 3.08. The summed E-state index contributed by atoms with van der Waals surface area (Å²) in [4.78, 5) is 19.0. The van der Waals surface area contributed by atoms with Crippen molar-refractivity contribution in [3.8, 4) is 0 Å². The van der Waals surface area contributed by atoms with Crippen LogP contribution >= 0.6 is 11.5 Å². The lowest BCUT2D eigenvalue weighted by molar-refractivity contribution is -0.130. The van der Waals surface area contributed by atoms with Gasteiger partial charge in [0, 0.05) is 57.6 Å². The van der Waals surface area contributed by atoms with Gasteiger partial charge in [-0.15, -0.1) is 0 Å². The molecule has 1 aliphatic carbocycles. The minimum atomic E-state index is 0.190. The molecule has 1 aromatic heterocycles. The summed E-state index contributed by atoms with van der Waals surface area (Å²) < 4.78 is 6.00. The van der Waals surface area contributed by atoms with E-state index < -0.39 is 0 Å². The predicted molar refractivity (Wildman–Crippen MR) is 133 cm³/mol. The molecule has 3 aromatic rings. The van der Waals surface area contributed by atoms with E-state index in [1.54, 1.807) is 18.5 Å². The molecule has 32 heavy (non-hydrogen) atoms. The molecular weight excluding hydrogens is 416 g/mol. The third-order valence-electron chi connectivity index (χ3n) is 7.11. The first kappa shape index (κ1) is 21.4. The largest absolute Gasteiger partial charge is 0.353 e. The van der Waals surface area contributed by atoms with Gasteiger partial charge in [-0.2, -0.15) is 4.37 Å². The topological polar surface area (TPSA) is 39.7 Å². The zero-order valence-electron chi connectivity index (χ0n) is 19.1. The monoisotopic (exact) mass is 448 g/mol. The molecule has 6 heteroatoms. The molecule has 0 N–H and O–H groups in total. The van der Waals surface area contributed by atoms with E-state index in [0.717, 1.165) is 64.3 Å². The van der Waals surface area contributed by atoms with Gasteiger partial charge in [-0.25, -0.2) is 0 Å². The van der Waals surface area contributed by atoms with Gasteiger partial charge in [0.25, 0.3) is 0 Å². The van der Waals surface area contributed by atoms with E-state index >= 15 is 0 Å². The van der Waals surface area contributed by atoms with E-state index in [0.29, 0.717) is 6.04 Å². The molecule has 0 spiro atoms. The Labute approximate surface area is 194 Å². The Morgan fingerprint density at radius 1 is 1.09 bits per heavy atom. The third-order valence-corrected chi connectivity index (χ3v) is 7.93. The molecule has 2 aromatic carbocycles. The zero-order chi connectivity index (χ0) is 22.1. The second-order valence-corrected chi connectivity index (χ2v) is 9.86. The molecule has 1 amide bonds. The summed E-state index contributed by atoms with van der Waals surface area (Å²) in [7, 11) is 0. The molecule has 1 saturated heterocycles. The first-order valence-corrected chi connectivity index (χ1v) is 12.6. The van der Waals surface area contributed by atoms with Crippen molar-refractivity contribution < 1.29 is 4.79 Å². The van der Waals surface area contributed by atoms with Crippen LogP contribution in [0.4, 0.5) is 5.82 Å². The van der Waals surface area contributed by atoms with E-state index in [1.165, 1.54) is 26.8 Å². The molecule has 0 radical (unpaired) electrons. The number of aromatic nitrogens is 1. The number of carbonyl (C=O) groups is 1. The maximum absolute atomic E-state index is 11.9. The lowest BCUT2D eigenvalue weighted by Gasteiger charge is -2.35. The number of likely N-dealkylation sites (N-methyl/N-ethyl adjacent to an activating group) is 1. The van der Waals surface area contributed by atoms with Crippen LogP contribution in [0.2, 0.25) is 0 Å². The number of hydrogen-bond acceptors (Lipinski definition) is 5. The Hall–Kier alpha value is -2.44. The van der Waals surface area contributed by atoms with Gasteiger partial charge >= 0.3 is 0 Å². The molecule has 5 rings (SSSR count). The minimum Gasteiger partial charge on any atom is -0.353 e. The van der Waals surface area contributed by atoms with E-state index in [9.17, 15) is 4.79 Å². The lowest BCUT2D eigenvalue weighted by atomic mass is 10.0. The average molecular weight is 449 g/mol. The van der Waals surface area contributed by atoms with Crippen molar-refractivity contribution in [1.82, 2.24) is 14.2 Å². The lowest BCUT2D eigenvalue weighted by Crippen LogP contribution is -2.47. The standard InChI is InChI=1S/C26H32N4OS/c1-3-30(19(2)31)23-17-21-9-8-20(16-22(21)18-23)10-11-28-12-14-29(15-13-28)26-24-6-4-5-7-25(24)32-27-26/h4-9,16,23H,3,10-15,17-18H2,1-2H3. The van der Waals surface area contributed by atoms with Crippen molar-refractivity contribution in [3.05, 3.63) is 59.2 Å². The van der Waals surface area contributed by atoms with Gasteiger partial charge in [-0.1, -0.05) is 30.3 Å². The van der Waals surface area contributed by atoms with Crippen molar-refractivity contribution in [3.63, 3.8) is 0 Å². The van der Waals surface area contributed by atoms with Gasteiger partial charge in [0.15, 0.2) is 0 Å². The summed E-state index contributed by atoms with van der Waals surface area (Å²) in [5.74, 6) is 1.35. The maximum atomic E-state index is 11.9. The first-order valence-electron chi connectivity index (χ1n) is 11.8. The van der Waals surface area contributed by atoms with Crippen LogP contribution in [-0.4, -0.2) is 65.4 Å². The van der Waals surface area contributed by atoms with E-state index in [1.807, 2.05) is 4.90 Å². The van der Waals surface area contributed by atoms with Gasteiger partial charge < -0.3 is 9.80 Å². The van der Waals surface area contributed by atoms with Crippen LogP contribution in [0.15, 0.2) is 42.5 Å². The SMILES string of the molecule is CCN(C(C)=O)C1Cc2ccc(CCN3CCN(c4nsc5ccccc45)CC3)cc2C1. The number of fused-ring (bicyclic) bond motifs is 2. The van der Waals surface area contributed by atoms with Crippen LogP contribution in [-0.2, 0) is 24.1 Å².